The summed E-state index contributed by atoms with van der Waals surface area (Å²) in [4.78, 5) is 133. The molecule has 0 bridgehead atoms. The minimum atomic E-state index is -1.11. The van der Waals surface area contributed by atoms with Crippen molar-refractivity contribution in [1.29, 1.82) is 0 Å². The van der Waals surface area contributed by atoms with Gasteiger partial charge in [0.15, 0.2) is 0 Å². The van der Waals surface area contributed by atoms with Crippen LogP contribution in [0.25, 0.3) is 0 Å². The number of non-ortho nitro benzene ring substituents is 4. The summed E-state index contributed by atoms with van der Waals surface area (Å²) in [5, 5.41) is 45.1. The zero-order valence-electron chi connectivity index (χ0n) is 84.7. The highest BCUT2D eigenvalue weighted by Gasteiger charge is 2.52. The van der Waals surface area contributed by atoms with Crippen molar-refractivity contribution in [1.82, 2.24) is 0 Å². The van der Waals surface area contributed by atoms with Gasteiger partial charge < -0.3 is 71.1 Å². The van der Waals surface area contributed by atoms with Gasteiger partial charge in [0.05, 0.1) is 158 Å². The molecule has 0 saturated carbocycles. The van der Waals surface area contributed by atoms with E-state index in [1.165, 1.54) is 97.1 Å². The average molecular weight is 2080 g/mol. The van der Waals surface area contributed by atoms with E-state index in [0.29, 0.717) is 64.6 Å². The van der Waals surface area contributed by atoms with Gasteiger partial charge in [0.2, 0.25) is 0 Å². The smallest absolute Gasteiger partial charge is 0.338 e. The van der Waals surface area contributed by atoms with Gasteiger partial charge in [-0.2, -0.15) is 16.8 Å². The van der Waals surface area contributed by atoms with Crippen LogP contribution in [-0.2, 0) is 121 Å². The lowest BCUT2D eigenvalue weighted by molar-refractivity contribution is -0.385. The first-order valence-electron chi connectivity index (χ1n) is 49.2. The van der Waals surface area contributed by atoms with Gasteiger partial charge in [-0.25, -0.2) is 19.2 Å². The van der Waals surface area contributed by atoms with Crippen molar-refractivity contribution in [3.05, 3.63) is 268 Å². The Morgan fingerprint density at radius 1 is 0.415 bits per heavy atom. The molecule has 0 aliphatic carbocycles. The second kappa shape index (κ2) is 57.9. The standard InChI is InChI=1S/C55H70N2O16.C52H64N2O14.2O2S/c1-8-50(58)68-33-45-34(2)27-42(24-25-46-35(3)28-41(70-46)15-12-26-67-54(61)55(4,5)6)71-48(45)31-47-44(29-36-13-10-9-11-14-36)51(66-7)49(73-47)30-43(72-53(60)38-18-22-40(23-19-38)57(64)65)32-69-52(59)37-16-20-39(21-17-37)56(62)63;1-32-26-41(23-24-44-33(2)27-40(65-44)14-11-25-63-51(57)52(4,5)6)66-45(34(32)3)30-46-43(28-35-12-9-8-10-13-35)48(62-7)47(68-46)29-42(67-50(56)37-17-21-39(22-18-37)54(60)61)31-64-49(55)36-15-19-38(20-16-36)53(58)59;2*1-3-2/h9-11,13-14,16-23,34,41-49,51H,3,8,12,15,24-33H2,1-2,4-7H3;8-10,12-13,15-22,32,40-48H,2-3,11,14,23-31H2,1,4-7H3;;/t34?,41-,42-,43-,44-,45?,46?,47-,48?,49+,51+;32-,40+,41+,42+,43+,44?,45?,46+,47-,48-;;/m01../s1. The number of benzene rings is 6. The molecule has 40 heteroatoms. The summed E-state index contributed by atoms with van der Waals surface area (Å²) in [6.07, 6.45) is 4.50. The minimum Gasteiger partial charge on any atom is -0.465 e. The van der Waals surface area contributed by atoms with Crippen LogP contribution in [-0.4, -0.2) is 223 Å². The Hall–Kier alpha value is -12.3. The monoisotopic (exact) mass is 2080 g/mol. The Labute approximate surface area is 861 Å². The first kappa shape index (κ1) is 118. The fourth-order valence-electron chi connectivity index (χ4n) is 19.1. The zero-order valence-corrected chi connectivity index (χ0v) is 86.3. The number of methoxy groups -OCH3 is 2. The second-order valence-electron chi connectivity index (χ2n) is 39.7. The van der Waals surface area contributed by atoms with Crippen LogP contribution in [0.3, 0.4) is 0 Å². The number of hydrogen-bond donors (Lipinski definition) is 0. The van der Waals surface area contributed by atoms with E-state index in [2.05, 4.69) is 33.6 Å². The molecule has 0 aromatic heterocycles. The van der Waals surface area contributed by atoms with Gasteiger partial charge in [0.1, 0.15) is 25.4 Å². The number of hydrogen-bond acceptors (Lipinski definition) is 34. The van der Waals surface area contributed by atoms with Gasteiger partial charge in [-0.1, -0.05) is 101 Å². The molecule has 6 aromatic rings. The maximum Gasteiger partial charge on any atom is 0.338 e. The fraction of sp³-hybridized carbons (Fsp3) is 0.542. The Morgan fingerprint density at radius 2 is 0.762 bits per heavy atom. The lowest BCUT2D eigenvalue weighted by Gasteiger charge is -2.42. The summed E-state index contributed by atoms with van der Waals surface area (Å²) >= 11 is -1.50. The van der Waals surface area contributed by atoms with Gasteiger partial charge >= 0.3 is 64.9 Å². The summed E-state index contributed by atoms with van der Waals surface area (Å²) < 4.78 is 126. The van der Waals surface area contributed by atoms with Gasteiger partial charge in [-0.05, 0) is 220 Å². The molecule has 0 N–H and O–H groups in total. The normalized spacial score (nSPS) is 24.5. The molecule has 6 heterocycles. The number of nitro groups is 4. The molecule has 147 heavy (non-hydrogen) atoms. The number of carbonyl (C=O) groups is 7. The molecule has 21 atom stereocenters. The highest BCUT2D eigenvalue weighted by Crippen LogP contribution is 2.46. The van der Waals surface area contributed by atoms with E-state index < -0.39 is 146 Å². The molecule has 6 aliphatic rings. The van der Waals surface area contributed by atoms with Crippen molar-refractivity contribution in [3.63, 3.8) is 0 Å². The van der Waals surface area contributed by atoms with Crippen molar-refractivity contribution in [3.8, 4) is 0 Å². The summed E-state index contributed by atoms with van der Waals surface area (Å²) in [6.45, 7) is 30.2. The lowest BCUT2D eigenvalue weighted by Crippen LogP contribution is -2.45. The third-order valence-electron chi connectivity index (χ3n) is 27.0. The molecule has 12 rings (SSSR count). The Kier molecular flexibility index (Phi) is 46.6. The summed E-state index contributed by atoms with van der Waals surface area (Å²) in [7, 11) is 3.19. The van der Waals surface area contributed by atoms with Crippen LogP contribution in [0.4, 0.5) is 22.7 Å². The predicted octanol–water partition coefficient (Wildman–Crippen LogP) is 17.7. The third kappa shape index (κ3) is 36.3. The summed E-state index contributed by atoms with van der Waals surface area (Å²) in [5.41, 5.74) is 3.41. The Morgan fingerprint density at radius 3 is 1.12 bits per heavy atom. The van der Waals surface area contributed by atoms with Gasteiger partial charge in [0, 0.05) is 113 Å². The lowest BCUT2D eigenvalue weighted by atomic mass is 9.77. The van der Waals surface area contributed by atoms with Crippen molar-refractivity contribution in [2.75, 3.05) is 47.3 Å². The van der Waals surface area contributed by atoms with Crippen molar-refractivity contribution >= 4 is 87.7 Å². The van der Waals surface area contributed by atoms with E-state index >= 15 is 0 Å². The molecule has 6 aliphatic heterocycles. The average Bonchev–Trinajstić information content (AvgIpc) is 1.65. The van der Waals surface area contributed by atoms with Crippen LogP contribution < -0.4 is 0 Å². The molecule has 38 nitrogen and oxygen atoms in total. The molecule has 6 saturated heterocycles. The van der Waals surface area contributed by atoms with Gasteiger partial charge in [0.25, 0.3) is 22.7 Å². The quantitative estimate of drug-likeness (QED) is 0.00855. The van der Waals surface area contributed by atoms with E-state index in [0.717, 1.165) is 79.2 Å². The first-order valence-corrected chi connectivity index (χ1v) is 50.6. The fourth-order valence-corrected chi connectivity index (χ4v) is 19.1. The molecule has 6 unspecified atom stereocenters. The zero-order chi connectivity index (χ0) is 107. The van der Waals surface area contributed by atoms with Crippen LogP contribution in [0.15, 0.2) is 194 Å². The van der Waals surface area contributed by atoms with Crippen molar-refractivity contribution in [2.24, 2.45) is 40.4 Å². The molecule has 798 valence electrons. The van der Waals surface area contributed by atoms with Gasteiger partial charge in [-0.3, -0.25) is 54.8 Å². The topological polar surface area (TPSA) is 499 Å². The van der Waals surface area contributed by atoms with E-state index in [9.17, 15) is 74.0 Å². The molecular weight excluding hydrogens is 1950 g/mol. The van der Waals surface area contributed by atoms with Crippen LogP contribution in [0.1, 0.15) is 224 Å². The Balaban J connectivity index is 0.000000311. The summed E-state index contributed by atoms with van der Waals surface area (Å²) in [5.74, 6) is -4.31. The molecule has 0 spiro atoms. The van der Waals surface area contributed by atoms with E-state index in [-0.39, 0.29) is 161 Å². The number of carbonyl (C=O) groups excluding carboxylic acids is 7. The number of nitro benzene ring substituents is 4. The van der Waals surface area contributed by atoms with E-state index in [1.54, 1.807) is 21.1 Å². The number of esters is 7. The molecule has 6 fully saturated rings. The highest BCUT2D eigenvalue weighted by molar-refractivity contribution is 7.52. The van der Waals surface area contributed by atoms with Crippen molar-refractivity contribution in [2.45, 2.75) is 282 Å². The Bertz CT molecular complexity index is 5470. The molecule has 6 aromatic carbocycles. The first-order chi connectivity index (χ1) is 70.0. The van der Waals surface area contributed by atoms with Crippen LogP contribution >= 0.6 is 0 Å². The maximum atomic E-state index is 13.7. The number of rotatable bonds is 45. The van der Waals surface area contributed by atoms with Crippen molar-refractivity contribution < 1.29 is 141 Å². The van der Waals surface area contributed by atoms with Crippen LogP contribution in [0.5, 0.6) is 0 Å². The minimum absolute atomic E-state index is 0.00296. The second-order valence-corrected chi connectivity index (χ2v) is 39.9. The SMILES string of the molecule is C=C1C[C@H](CCCOC(=O)C(C)(C)C)OC1CC[C@H]1CC(C)C(COC(=O)CC)C(C[C@@H]2O[C@H](C[C@@H](COC(=O)c3ccc([N+](=O)[O-])cc3)OC(=O)c3ccc([N+](=O)[O-])cc3)[C@H](OC)[C@H]2Cc2ccccc2)O1.C=C1C[C@H](CCCOC(=O)C(C)(C)C)OC1CC[C@H]1C[C@@H](C)C(=C)C(C[C@@H]2O[C@H](C[C@@H](COC(=O)c3ccc([N+](=O)[O-])cc3)OC(=O)c3ccc([N+](=O)[O-])cc3)[C@H](OC)[C@H]2Cc2ccccc2)O1.O=S=O.O=S=O. The van der Waals surface area contributed by atoms with Crippen LogP contribution in [0.2, 0.25) is 0 Å². The maximum absolute atomic E-state index is 13.7. The largest absolute Gasteiger partial charge is 0.465 e. The number of ether oxygens (including phenoxy) is 15. The molecular formula is C107H134N4O34S2. The van der Waals surface area contributed by atoms with E-state index in [1.807, 2.05) is 102 Å². The van der Waals surface area contributed by atoms with E-state index in [4.69, 9.17) is 87.9 Å². The van der Waals surface area contributed by atoms with Gasteiger partial charge in [-0.15, -0.1) is 0 Å². The number of nitrogens with zero attached hydrogens (tertiary/aromatic N) is 4. The summed E-state index contributed by atoms with van der Waals surface area (Å²) in [6, 6.07) is 39.6. The molecule has 0 amide bonds. The third-order valence-corrected chi connectivity index (χ3v) is 27.0. The molecule has 0 radical (unpaired) electrons. The highest BCUT2D eigenvalue weighted by atomic mass is 32.1. The predicted molar refractivity (Wildman–Crippen MR) is 535 cm³/mol. The van der Waals surface area contributed by atoms with Crippen LogP contribution in [0, 0.1) is 80.9 Å².